The maximum Gasteiger partial charge on any atom is 0.315 e. The maximum absolute atomic E-state index is 5.45. The minimum atomic E-state index is 0.127. The second-order valence-corrected chi connectivity index (χ2v) is 3.64. The zero-order chi connectivity index (χ0) is 9.97. The molecule has 14 heavy (non-hydrogen) atoms. The molecule has 0 saturated heterocycles. The molecule has 0 spiro atoms. The van der Waals surface area contributed by atoms with E-state index in [1.165, 1.54) is 12.8 Å². The van der Waals surface area contributed by atoms with Crippen molar-refractivity contribution in [1.82, 2.24) is 15.5 Å². The number of aromatic nitrogens is 2. The summed E-state index contributed by atoms with van der Waals surface area (Å²) in [7, 11) is 0. The van der Waals surface area contributed by atoms with Crippen LogP contribution >= 0.6 is 0 Å². The Morgan fingerprint density at radius 2 is 2.29 bits per heavy atom. The van der Waals surface area contributed by atoms with Crippen molar-refractivity contribution in [3.8, 4) is 0 Å². The summed E-state index contributed by atoms with van der Waals surface area (Å²) < 4.78 is 5.45. The van der Waals surface area contributed by atoms with Crippen LogP contribution in [0.4, 0.5) is 6.01 Å². The average molecular weight is 196 g/mol. The van der Waals surface area contributed by atoms with E-state index in [4.69, 9.17) is 4.42 Å². The molecule has 1 fully saturated rings. The zero-order valence-electron chi connectivity index (χ0n) is 8.58. The first kappa shape index (κ1) is 9.45. The molecule has 2 rings (SSSR count). The van der Waals surface area contributed by atoms with Gasteiger partial charge in [-0.05, 0) is 26.3 Å². The van der Waals surface area contributed by atoms with Gasteiger partial charge in [0.05, 0.1) is 6.04 Å². The van der Waals surface area contributed by atoms with E-state index in [9.17, 15) is 0 Å². The van der Waals surface area contributed by atoms with Crippen LogP contribution in [0.25, 0.3) is 0 Å². The van der Waals surface area contributed by atoms with E-state index < -0.39 is 0 Å². The third-order valence-electron chi connectivity index (χ3n) is 2.23. The van der Waals surface area contributed by atoms with Gasteiger partial charge in [-0.3, -0.25) is 0 Å². The van der Waals surface area contributed by atoms with Crippen molar-refractivity contribution >= 4 is 6.01 Å². The fourth-order valence-corrected chi connectivity index (χ4v) is 1.26. The molecular formula is C9H16N4O. The SMILES string of the molecule is CCNC(C)c1nnc(NC2CC2)o1. The van der Waals surface area contributed by atoms with Crippen molar-refractivity contribution in [2.75, 3.05) is 11.9 Å². The Labute approximate surface area is 83.3 Å². The summed E-state index contributed by atoms with van der Waals surface area (Å²) in [5.41, 5.74) is 0. The van der Waals surface area contributed by atoms with Gasteiger partial charge in [-0.2, -0.15) is 0 Å². The molecule has 0 amide bonds. The van der Waals surface area contributed by atoms with Gasteiger partial charge in [-0.15, -0.1) is 5.10 Å². The largest absolute Gasteiger partial charge is 0.406 e. The molecule has 1 aromatic rings. The van der Waals surface area contributed by atoms with Crippen LogP contribution in [0.15, 0.2) is 4.42 Å². The monoisotopic (exact) mass is 196 g/mol. The minimum Gasteiger partial charge on any atom is -0.406 e. The second kappa shape index (κ2) is 3.96. The van der Waals surface area contributed by atoms with Crippen molar-refractivity contribution in [3.05, 3.63) is 5.89 Å². The fourth-order valence-electron chi connectivity index (χ4n) is 1.26. The normalized spacial score (nSPS) is 18.1. The first-order chi connectivity index (χ1) is 6.79. The summed E-state index contributed by atoms with van der Waals surface area (Å²) in [6.45, 7) is 4.96. The highest BCUT2D eigenvalue weighted by Gasteiger charge is 2.23. The summed E-state index contributed by atoms with van der Waals surface area (Å²) >= 11 is 0. The van der Waals surface area contributed by atoms with Gasteiger partial charge < -0.3 is 15.1 Å². The van der Waals surface area contributed by atoms with Crippen LogP contribution < -0.4 is 10.6 Å². The lowest BCUT2D eigenvalue weighted by molar-refractivity contribution is 0.428. The third kappa shape index (κ3) is 2.23. The average Bonchev–Trinajstić information content (AvgIpc) is 2.82. The molecule has 0 aromatic carbocycles. The van der Waals surface area contributed by atoms with Gasteiger partial charge >= 0.3 is 6.01 Å². The van der Waals surface area contributed by atoms with E-state index in [0.29, 0.717) is 17.9 Å². The number of nitrogens with zero attached hydrogens (tertiary/aromatic N) is 2. The zero-order valence-corrected chi connectivity index (χ0v) is 8.58. The molecule has 0 bridgehead atoms. The van der Waals surface area contributed by atoms with Crippen LogP contribution in [0, 0.1) is 0 Å². The highest BCUT2D eigenvalue weighted by atomic mass is 16.4. The standard InChI is InChI=1S/C9H16N4O/c1-3-10-6(2)8-12-13-9(14-8)11-7-4-5-7/h6-7,10H,3-5H2,1-2H3,(H,11,13). The lowest BCUT2D eigenvalue weighted by Crippen LogP contribution is -2.17. The van der Waals surface area contributed by atoms with Gasteiger partial charge in [0.1, 0.15) is 0 Å². The van der Waals surface area contributed by atoms with Crippen molar-refractivity contribution in [1.29, 1.82) is 0 Å². The first-order valence-electron chi connectivity index (χ1n) is 5.13. The molecule has 0 radical (unpaired) electrons. The summed E-state index contributed by atoms with van der Waals surface area (Å²) in [6, 6.07) is 1.23. The van der Waals surface area contributed by atoms with E-state index in [1.54, 1.807) is 0 Å². The lowest BCUT2D eigenvalue weighted by Gasteiger charge is -2.05. The smallest absolute Gasteiger partial charge is 0.315 e. The number of rotatable bonds is 5. The van der Waals surface area contributed by atoms with Crippen molar-refractivity contribution < 1.29 is 4.42 Å². The molecule has 0 aliphatic heterocycles. The Hall–Kier alpha value is -1.10. The van der Waals surface area contributed by atoms with Crippen molar-refractivity contribution in [2.24, 2.45) is 0 Å². The fraction of sp³-hybridized carbons (Fsp3) is 0.778. The second-order valence-electron chi connectivity index (χ2n) is 3.64. The van der Waals surface area contributed by atoms with Gasteiger partial charge in [-0.1, -0.05) is 12.0 Å². The summed E-state index contributed by atoms with van der Waals surface area (Å²) in [6.07, 6.45) is 2.42. The van der Waals surface area contributed by atoms with Crippen LogP contribution in [0.5, 0.6) is 0 Å². The summed E-state index contributed by atoms with van der Waals surface area (Å²) in [5.74, 6) is 0.648. The van der Waals surface area contributed by atoms with Crippen molar-refractivity contribution in [2.45, 2.75) is 38.8 Å². The van der Waals surface area contributed by atoms with Crippen LogP contribution in [0.3, 0.4) is 0 Å². The van der Waals surface area contributed by atoms with E-state index >= 15 is 0 Å². The number of hydrogen-bond acceptors (Lipinski definition) is 5. The number of hydrogen-bond donors (Lipinski definition) is 2. The Kier molecular flexibility index (Phi) is 2.67. The van der Waals surface area contributed by atoms with Gasteiger partial charge in [0, 0.05) is 6.04 Å². The molecule has 2 N–H and O–H groups in total. The Balaban J connectivity index is 1.93. The molecule has 1 heterocycles. The Morgan fingerprint density at radius 1 is 1.50 bits per heavy atom. The van der Waals surface area contributed by atoms with Gasteiger partial charge in [0.25, 0.3) is 0 Å². The number of anilines is 1. The molecule has 1 saturated carbocycles. The molecular weight excluding hydrogens is 180 g/mol. The third-order valence-corrected chi connectivity index (χ3v) is 2.23. The van der Waals surface area contributed by atoms with Crippen LogP contribution in [-0.4, -0.2) is 22.8 Å². The van der Waals surface area contributed by atoms with Gasteiger partial charge in [-0.25, -0.2) is 0 Å². The molecule has 1 aromatic heterocycles. The molecule has 1 atom stereocenters. The predicted molar refractivity (Wildman–Crippen MR) is 53.0 cm³/mol. The van der Waals surface area contributed by atoms with Crippen LogP contribution in [0.2, 0.25) is 0 Å². The van der Waals surface area contributed by atoms with Crippen LogP contribution in [-0.2, 0) is 0 Å². The topological polar surface area (TPSA) is 63.0 Å². The minimum absolute atomic E-state index is 0.127. The van der Waals surface area contributed by atoms with Crippen LogP contribution in [0.1, 0.15) is 38.6 Å². The predicted octanol–water partition coefficient (Wildman–Crippen LogP) is 1.31. The highest BCUT2D eigenvalue weighted by Crippen LogP contribution is 2.24. The van der Waals surface area contributed by atoms with E-state index in [-0.39, 0.29) is 6.04 Å². The molecule has 1 unspecified atom stereocenters. The van der Waals surface area contributed by atoms with Gasteiger partial charge in [0.15, 0.2) is 0 Å². The first-order valence-corrected chi connectivity index (χ1v) is 5.13. The Bertz CT molecular complexity index is 295. The maximum atomic E-state index is 5.45. The van der Waals surface area contributed by atoms with Crippen molar-refractivity contribution in [3.63, 3.8) is 0 Å². The van der Waals surface area contributed by atoms with E-state index in [0.717, 1.165) is 6.54 Å². The molecule has 78 valence electrons. The molecule has 1 aliphatic rings. The molecule has 5 heteroatoms. The summed E-state index contributed by atoms with van der Waals surface area (Å²) in [4.78, 5) is 0. The van der Waals surface area contributed by atoms with E-state index in [1.807, 2.05) is 6.92 Å². The quantitative estimate of drug-likeness (QED) is 0.743. The number of nitrogens with one attached hydrogen (secondary N) is 2. The van der Waals surface area contributed by atoms with E-state index in [2.05, 4.69) is 27.8 Å². The summed E-state index contributed by atoms with van der Waals surface area (Å²) in [5, 5.41) is 14.3. The highest BCUT2D eigenvalue weighted by molar-refractivity contribution is 5.22. The molecule has 1 aliphatic carbocycles. The lowest BCUT2D eigenvalue weighted by atomic mass is 10.3. The van der Waals surface area contributed by atoms with Gasteiger partial charge in [0.2, 0.25) is 5.89 Å². The Morgan fingerprint density at radius 3 is 2.93 bits per heavy atom. The molecule has 5 nitrogen and oxygen atoms in total.